The lowest BCUT2D eigenvalue weighted by molar-refractivity contribution is 0.794. The van der Waals surface area contributed by atoms with E-state index in [0.29, 0.717) is 0 Å². The lowest BCUT2D eigenvalue weighted by Crippen LogP contribution is -2.61. The number of fused-ring (bicyclic) bond motifs is 18. The van der Waals surface area contributed by atoms with Crippen molar-refractivity contribution in [3.05, 3.63) is 307 Å². The van der Waals surface area contributed by atoms with Crippen molar-refractivity contribution in [1.29, 1.82) is 0 Å². The van der Waals surface area contributed by atoms with Crippen molar-refractivity contribution in [3.8, 4) is 55.6 Å². The fourth-order valence-electron chi connectivity index (χ4n) is 14.5. The zero-order valence-electron chi connectivity index (χ0n) is 42.6. The number of benzene rings is 13. The van der Waals surface area contributed by atoms with Gasteiger partial charge in [0, 0.05) is 44.9 Å². The van der Waals surface area contributed by atoms with E-state index in [2.05, 4.69) is 295 Å². The molecule has 1 spiro atoms. The van der Waals surface area contributed by atoms with Gasteiger partial charge >= 0.3 is 0 Å². The summed E-state index contributed by atoms with van der Waals surface area (Å²) in [6.07, 6.45) is 0. The van der Waals surface area contributed by atoms with Crippen LogP contribution < -0.4 is 26.2 Å². The lowest BCUT2D eigenvalue weighted by Gasteiger charge is -2.45. The minimum absolute atomic E-state index is 0.0695. The largest absolute Gasteiger partial charge is 0.311 e. The van der Waals surface area contributed by atoms with Gasteiger partial charge in [-0.2, -0.15) is 0 Å². The summed E-state index contributed by atoms with van der Waals surface area (Å²) in [6.45, 7) is -0.0695. The minimum Gasteiger partial charge on any atom is -0.311 e. The van der Waals surface area contributed by atoms with Gasteiger partial charge in [0.05, 0.1) is 5.41 Å². The van der Waals surface area contributed by atoms with Gasteiger partial charge in [0.2, 0.25) is 0 Å². The average Bonchev–Trinajstić information content (AvgIpc) is 3.36. The van der Waals surface area contributed by atoms with Gasteiger partial charge in [0.15, 0.2) is 0 Å². The Labute approximate surface area is 454 Å². The number of hydrogen-bond acceptors (Lipinski definition) is 2. The predicted octanol–water partition coefficient (Wildman–Crippen LogP) is 17.4. The molecule has 17 rings (SSSR count). The monoisotopic (exact) mass is 986 g/mol. The smallest absolute Gasteiger partial charge is 0.252 e. The highest BCUT2D eigenvalue weighted by Crippen LogP contribution is 2.64. The molecule has 78 heavy (non-hydrogen) atoms. The maximum Gasteiger partial charge on any atom is 0.252 e. The summed E-state index contributed by atoms with van der Waals surface area (Å²) in [5, 5.41) is 4.90. The summed E-state index contributed by atoms with van der Waals surface area (Å²) in [6, 6.07) is 107. The first-order valence-electron chi connectivity index (χ1n) is 27.3. The molecule has 2 heterocycles. The molecule has 3 heteroatoms. The van der Waals surface area contributed by atoms with E-state index < -0.39 is 5.41 Å². The van der Waals surface area contributed by atoms with E-state index in [4.69, 9.17) is 0 Å². The van der Waals surface area contributed by atoms with E-state index >= 15 is 0 Å². The number of nitrogens with zero attached hydrogens (tertiary/aromatic N) is 2. The molecule has 0 unspecified atom stereocenters. The summed E-state index contributed by atoms with van der Waals surface area (Å²) < 4.78 is 0. The SMILES string of the molecule is c1ccc(-c2ccc(N3c4cc(-c5cccc6c5-c5ccccc5C65c6ccccc6-c6ccccc65)cc5c4B(c4ccc6ccccc6c43)c3ccc4ccccc4c3N5c3ccc(-c4ccccc4)cc3)cc2)cc1. The Hall–Kier alpha value is -9.96. The molecule has 360 valence electrons. The molecular formula is C75H47BN2. The molecule has 2 nitrogen and oxygen atoms in total. The van der Waals surface area contributed by atoms with Crippen molar-refractivity contribution in [1.82, 2.24) is 0 Å². The van der Waals surface area contributed by atoms with Gasteiger partial charge in [-0.1, -0.05) is 249 Å². The Morgan fingerprint density at radius 2 is 0.679 bits per heavy atom. The molecule has 0 atom stereocenters. The molecule has 0 fully saturated rings. The van der Waals surface area contributed by atoms with Crippen molar-refractivity contribution in [3.63, 3.8) is 0 Å². The summed E-state index contributed by atoms with van der Waals surface area (Å²) in [5.41, 5.74) is 28.2. The maximum absolute atomic E-state index is 2.61. The van der Waals surface area contributed by atoms with Gasteiger partial charge < -0.3 is 9.80 Å². The van der Waals surface area contributed by atoms with Gasteiger partial charge in [-0.3, -0.25) is 0 Å². The molecule has 2 aliphatic carbocycles. The van der Waals surface area contributed by atoms with Crippen molar-refractivity contribution < 1.29 is 0 Å². The van der Waals surface area contributed by atoms with Crippen LogP contribution in [0, 0.1) is 0 Å². The Bertz CT molecular complexity index is 4380. The standard InChI is InChI=1S/C75H47BN2/c1-3-18-48(19-4-1)50-34-40-55(41-35-50)77-69-46-54(57-29-17-33-66-71(57)62-28-13-16-32-65(62)75(66)63-30-14-11-26-60(63)61-27-12-15-31-64(61)75)47-70-72(69)76(67-44-38-52-22-7-9-24-58(52)73(67)77)68-45-39-53-23-8-10-25-59(53)74(68)78(70)56-42-36-51(37-43-56)49-20-5-2-6-21-49/h1-47H. The third-order valence-electron chi connectivity index (χ3n) is 17.6. The zero-order chi connectivity index (χ0) is 51.1. The molecule has 0 saturated heterocycles. The molecule has 4 aliphatic rings. The van der Waals surface area contributed by atoms with Gasteiger partial charge in [-0.25, -0.2) is 0 Å². The van der Waals surface area contributed by atoms with Crippen LogP contribution in [0.4, 0.5) is 34.1 Å². The van der Waals surface area contributed by atoms with Crippen LogP contribution >= 0.6 is 0 Å². The first-order chi connectivity index (χ1) is 38.7. The highest BCUT2D eigenvalue weighted by Gasteiger charge is 2.52. The van der Waals surface area contributed by atoms with Crippen molar-refractivity contribution in [2.75, 3.05) is 9.80 Å². The number of rotatable bonds is 5. The van der Waals surface area contributed by atoms with Crippen molar-refractivity contribution in [2.24, 2.45) is 0 Å². The first kappa shape index (κ1) is 43.3. The lowest BCUT2D eigenvalue weighted by atomic mass is 9.33. The molecule has 0 saturated carbocycles. The van der Waals surface area contributed by atoms with Crippen LogP contribution in [0.15, 0.2) is 285 Å². The zero-order valence-corrected chi connectivity index (χ0v) is 42.6. The molecule has 0 N–H and O–H groups in total. The van der Waals surface area contributed by atoms with Crippen LogP contribution in [-0.2, 0) is 5.41 Å². The van der Waals surface area contributed by atoms with Crippen LogP contribution in [0.5, 0.6) is 0 Å². The van der Waals surface area contributed by atoms with Crippen LogP contribution in [0.2, 0.25) is 0 Å². The third-order valence-corrected chi connectivity index (χ3v) is 17.6. The number of hydrogen-bond donors (Lipinski definition) is 0. The fourth-order valence-corrected chi connectivity index (χ4v) is 14.5. The normalized spacial score (nSPS) is 13.7. The van der Waals surface area contributed by atoms with Crippen LogP contribution in [0.25, 0.3) is 77.2 Å². The topological polar surface area (TPSA) is 6.48 Å². The average molecular weight is 987 g/mol. The first-order valence-corrected chi connectivity index (χ1v) is 27.3. The quantitative estimate of drug-likeness (QED) is 0.159. The second-order valence-corrected chi connectivity index (χ2v) is 21.4. The highest BCUT2D eigenvalue weighted by molar-refractivity contribution is 7.00. The second kappa shape index (κ2) is 16.5. The van der Waals surface area contributed by atoms with Crippen LogP contribution in [0.3, 0.4) is 0 Å². The second-order valence-electron chi connectivity index (χ2n) is 21.4. The molecule has 13 aromatic carbocycles. The molecule has 2 aliphatic heterocycles. The van der Waals surface area contributed by atoms with E-state index in [1.807, 2.05) is 0 Å². The van der Waals surface area contributed by atoms with Crippen LogP contribution in [0.1, 0.15) is 22.3 Å². The summed E-state index contributed by atoms with van der Waals surface area (Å²) in [5.74, 6) is 0. The van der Waals surface area contributed by atoms with E-state index in [1.165, 1.54) is 139 Å². The maximum atomic E-state index is 2.61. The van der Waals surface area contributed by atoms with Gasteiger partial charge in [-0.15, -0.1) is 0 Å². The van der Waals surface area contributed by atoms with E-state index in [9.17, 15) is 0 Å². The minimum atomic E-state index is -0.475. The molecule has 0 amide bonds. The summed E-state index contributed by atoms with van der Waals surface area (Å²) >= 11 is 0. The van der Waals surface area contributed by atoms with E-state index in [1.54, 1.807) is 0 Å². The molecule has 13 aromatic rings. The van der Waals surface area contributed by atoms with E-state index in [0.717, 1.165) is 11.4 Å². The Morgan fingerprint density at radius 1 is 0.282 bits per heavy atom. The molecular weight excluding hydrogens is 940 g/mol. The number of anilines is 6. The van der Waals surface area contributed by atoms with Crippen molar-refractivity contribution in [2.45, 2.75) is 5.41 Å². The fraction of sp³-hybridized carbons (Fsp3) is 0.0133. The highest BCUT2D eigenvalue weighted by atomic mass is 15.2. The summed E-state index contributed by atoms with van der Waals surface area (Å²) in [4.78, 5) is 5.21. The third kappa shape index (κ3) is 5.93. The van der Waals surface area contributed by atoms with Crippen LogP contribution in [-0.4, -0.2) is 6.71 Å². The summed E-state index contributed by atoms with van der Waals surface area (Å²) in [7, 11) is 0. The Morgan fingerprint density at radius 3 is 1.19 bits per heavy atom. The molecule has 0 radical (unpaired) electrons. The van der Waals surface area contributed by atoms with Gasteiger partial charge in [0.1, 0.15) is 0 Å². The Balaban J connectivity index is 0.996. The molecule has 0 aromatic heterocycles. The Kier molecular flexibility index (Phi) is 9.17. The van der Waals surface area contributed by atoms with Crippen molar-refractivity contribution >= 4 is 78.8 Å². The van der Waals surface area contributed by atoms with Gasteiger partial charge in [0.25, 0.3) is 6.71 Å². The predicted molar refractivity (Wildman–Crippen MR) is 328 cm³/mol. The van der Waals surface area contributed by atoms with E-state index in [-0.39, 0.29) is 6.71 Å². The van der Waals surface area contributed by atoms with Gasteiger partial charge in [-0.05, 0) is 141 Å². The molecule has 0 bridgehead atoms.